The molecule has 6 nitrogen and oxygen atoms in total. The predicted octanol–water partition coefficient (Wildman–Crippen LogP) is 1.79. The maximum atomic E-state index is 12.6. The Kier molecular flexibility index (Phi) is 5.85. The molecule has 0 saturated carbocycles. The summed E-state index contributed by atoms with van der Waals surface area (Å²) in [6.07, 6.45) is 5.42. The first-order valence-corrected chi connectivity index (χ1v) is 7.92. The topological polar surface area (TPSA) is 70.1 Å². The molecule has 1 N–H and O–H groups in total. The summed E-state index contributed by atoms with van der Waals surface area (Å²) in [6, 6.07) is -0.833. The van der Waals surface area contributed by atoms with E-state index in [1.807, 2.05) is 0 Å². The van der Waals surface area contributed by atoms with E-state index in [0.29, 0.717) is 32.0 Å². The molecule has 0 aliphatic carbocycles. The van der Waals surface area contributed by atoms with Gasteiger partial charge in [-0.2, -0.15) is 0 Å². The maximum absolute atomic E-state index is 12.6. The molecule has 0 aromatic rings. The molecule has 6 heteroatoms. The first-order valence-electron chi connectivity index (χ1n) is 7.92. The second-order valence-corrected chi connectivity index (χ2v) is 6.14. The molecule has 120 valence electrons. The highest BCUT2D eigenvalue weighted by Crippen LogP contribution is 2.20. The normalized spacial score (nSPS) is 27.0. The van der Waals surface area contributed by atoms with Gasteiger partial charge in [0.15, 0.2) is 0 Å². The molecule has 2 saturated heterocycles. The van der Waals surface area contributed by atoms with Crippen molar-refractivity contribution < 1.29 is 19.4 Å². The van der Waals surface area contributed by atoms with E-state index in [4.69, 9.17) is 4.74 Å². The van der Waals surface area contributed by atoms with Crippen molar-refractivity contribution in [2.45, 2.75) is 44.6 Å². The van der Waals surface area contributed by atoms with Gasteiger partial charge in [-0.3, -0.25) is 0 Å². The molecule has 2 fully saturated rings. The van der Waals surface area contributed by atoms with Crippen molar-refractivity contribution in [3.8, 4) is 0 Å². The number of urea groups is 1. The van der Waals surface area contributed by atoms with Gasteiger partial charge in [0, 0.05) is 32.7 Å². The Hall–Kier alpha value is -1.30. The van der Waals surface area contributed by atoms with Crippen LogP contribution in [0.25, 0.3) is 0 Å². The second-order valence-electron chi connectivity index (χ2n) is 6.14. The highest BCUT2D eigenvalue weighted by atomic mass is 16.5. The third-order valence-corrected chi connectivity index (χ3v) is 4.40. The fraction of sp³-hybridized carbons (Fsp3) is 0.867. The van der Waals surface area contributed by atoms with Crippen molar-refractivity contribution in [2.75, 3.05) is 33.4 Å². The largest absolute Gasteiger partial charge is 0.480 e. The van der Waals surface area contributed by atoms with E-state index in [9.17, 15) is 14.7 Å². The van der Waals surface area contributed by atoms with Crippen LogP contribution in [0, 0.1) is 5.92 Å². The number of aliphatic carboxylic acids is 1. The van der Waals surface area contributed by atoms with Gasteiger partial charge in [0.2, 0.25) is 0 Å². The summed E-state index contributed by atoms with van der Waals surface area (Å²) in [5.41, 5.74) is 0. The minimum atomic E-state index is -0.889. The van der Waals surface area contributed by atoms with Crippen LogP contribution in [0.4, 0.5) is 4.79 Å². The van der Waals surface area contributed by atoms with Crippen molar-refractivity contribution >= 4 is 12.0 Å². The zero-order chi connectivity index (χ0) is 15.2. The molecule has 0 radical (unpaired) electrons. The Labute approximate surface area is 126 Å². The SMILES string of the molecule is CN(CC1CCCOC1)C(=O)N1CCCCCC1C(=O)O. The molecule has 21 heavy (non-hydrogen) atoms. The van der Waals surface area contributed by atoms with Gasteiger partial charge in [0.1, 0.15) is 6.04 Å². The van der Waals surface area contributed by atoms with Crippen LogP contribution in [0.15, 0.2) is 0 Å². The molecule has 2 unspecified atom stereocenters. The number of hydrogen-bond acceptors (Lipinski definition) is 3. The Morgan fingerprint density at radius 1 is 1.24 bits per heavy atom. The summed E-state index contributed by atoms with van der Waals surface area (Å²) >= 11 is 0. The molecule has 2 rings (SSSR count). The van der Waals surface area contributed by atoms with Gasteiger partial charge < -0.3 is 19.6 Å². The van der Waals surface area contributed by atoms with Crippen LogP contribution in [0.3, 0.4) is 0 Å². The van der Waals surface area contributed by atoms with Crippen molar-refractivity contribution in [3.63, 3.8) is 0 Å². The fourth-order valence-corrected chi connectivity index (χ4v) is 3.23. The Bertz CT molecular complexity index is 369. The molecule has 0 bridgehead atoms. The Morgan fingerprint density at radius 3 is 2.71 bits per heavy atom. The number of hydrogen-bond donors (Lipinski definition) is 1. The molecular weight excluding hydrogens is 272 g/mol. The van der Waals surface area contributed by atoms with Crippen LogP contribution in [0.5, 0.6) is 0 Å². The number of carboxylic acid groups (broad SMARTS) is 1. The van der Waals surface area contributed by atoms with Crippen LogP contribution in [0.2, 0.25) is 0 Å². The van der Waals surface area contributed by atoms with Crippen molar-refractivity contribution in [1.82, 2.24) is 9.80 Å². The van der Waals surface area contributed by atoms with Crippen LogP contribution in [0.1, 0.15) is 38.5 Å². The van der Waals surface area contributed by atoms with Gasteiger partial charge in [-0.25, -0.2) is 9.59 Å². The lowest BCUT2D eigenvalue weighted by molar-refractivity contribution is -0.142. The quantitative estimate of drug-likeness (QED) is 0.862. The molecule has 2 heterocycles. The van der Waals surface area contributed by atoms with Crippen LogP contribution < -0.4 is 0 Å². The van der Waals surface area contributed by atoms with E-state index in [0.717, 1.165) is 38.7 Å². The summed E-state index contributed by atoms with van der Waals surface area (Å²) in [7, 11) is 1.76. The lowest BCUT2D eigenvalue weighted by Crippen LogP contribution is -2.51. The smallest absolute Gasteiger partial charge is 0.326 e. The molecule has 0 aromatic heterocycles. The zero-order valence-electron chi connectivity index (χ0n) is 12.8. The van der Waals surface area contributed by atoms with E-state index in [1.165, 1.54) is 0 Å². The third kappa shape index (κ3) is 4.33. The Morgan fingerprint density at radius 2 is 2.05 bits per heavy atom. The summed E-state index contributed by atoms with van der Waals surface area (Å²) in [6.45, 7) is 2.68. The van der Waals surface area contributed by atoms with Gasteiger partial charge >= 0.3 is 12.0 Å². The first kappa shape index (κ1) is 16.1. The van der Waals surface area contributed by atoms with Crippen LogP contribution in [-0.4, -0.2) is 66.3 Å². The molecule has 0 spiro atoms. The second kappa shape index (κ2) is 7.64. The van der Waals surface area contributed by atoms with Gasteiger partial charge in [-0.1, -0.05) is 12.8 Å². The number of rotatable bonds is 3. The minimum absolute atomic E-state index is 0.158. The maximum Gasteiger partial charge on any atom is 0.326 e. The van der Waals surface area contributed by atoms with E-state index < -0.39 is 12.0 Å². The van der Waals surface area contributed by atoms with Gasteiger partial charge in [-0.05, 0) is 25.7 Å². The average Bonchev–Trinajstić information content (AvgIpc) is 2.73. The lowest BCUT2D eigenvalue weighted by Gasteiger charge is -2.33. The molecule has 0 aromatic carbocycles. The molecule has 2 atom stereocenters. The summed E-state index contributed by atoms with van der Waals surface area (Å²) < 4.78 is 5.44. The van der Waals surface area contributed by atoms with Crippen molar-refractivity contribution in [3.05, 3.63) is 0 Å². The van der Waals surface area contributed by atoms with Crippen LogP contribution in [-0.2, 0) is 9.53 Å². The standard InChI is InChI=1S/C15H26N2O4/c1-16(10-12-6-5-9-21-11-12)15(20)17-8-4-2-3-7-13(17)14(18)19/h12-13H,2-11H2,1H3,(H,18,19). The van der Waals surface area contributed by atoms with Crippen molar-refractivity contribution in [1.29, 1.82) is 0 Å². The molecule has 2 amide bonds. The summed E-state index contributed by atoms with van der Waals surface area (Å²) in [5.74, 6) is -0.525. The monoisotopic (exact) mass is 298 g/mol. The van der Waals surface area contributed by atoms with Gasteiger partial charge in [0.25, 0.3) is 0 Å². The average molecular weight is 298 g/mol. The molecule has 2 aliphatic rings. The van der Waals surface area contributed by atoms with E-state index in [-0.39, 0.29) is 6.03 Å². The number of ether oxygens (including phenoxy) is 1. The Balaban J connectivity index is 1.96. The number of amides is 2. The van der Waals surface area contributed by atoms with E-state index in [2.05, 4.69) is 0 Å². The number of nitrogens with zero attached hydrogens (tertiary/aromatic N) is 2. The fourth-order valence-electron chi connectivity index (χ4n) is 3.23. The third-order valence-electron chi connectivity index (χ3n) is 4.40. The number of likely N-dealkylation sites (tertiary alicyclic amines) is 1. The zero-order valence-corrected chi connectivity index (χ0v) is 12.8. The number of carbonyl (C=O) groups excluding carboxylic acids is 1. The van der Waals surface area contributed by atoms with E-state index >= 15 is 0 Å². The number of carbonyl (C=O) groups is 2. The van der Waals surface area contributed by atoms with E-state index in [1.54, 1.807) is 16.8 Å². The first-order chi connectivity index (χ1) is 10.1. The highest BCUT2D eigenvalue weighted by molar-refractivity contribution is 5.82. The lowest BCUT2D eigenvalue weighted by atomic mass is 10.0. The highest BCUT2D eigenvalue weighted by Gasteiger charge is 2.33. The predicted molar refractivity (Wildman–Crippen MR) is 78.2 cm³/mol. The molecular formula is C15H26N2O4. The van der Waals surface area contributed by atoms with Gasteiger partial charge in [-0.15, -0.1) is 0 Å². The molecule has 2 aliphatic heterocycles. The minimum Gasteiger partial charge on any atom is -0.480 e. The van der Waals surface area contributed by atoms with Crippen molar-refractivity contribution in [2.24, 2.45) is 5.92 Å². The summed E-state index contributed by atoms with van der Waals surface area (Å²) in [5, 5.41) is 9.35. The summed E-state index contributed by atoms with van der Waals surface area (Å²) in [4.78, 5) is 27.2. The number of carboxylic acids is 1. The van der Waals surface area contributed by atoms with Gasteiger partial charge in [0.05, 0.1) is 6.61 Å². The van der Waals surface area contributed by atoms with Crippen LogP contribution >= 0.6 is 0 Å².